The Hall–Kier alpha value is -0.610. The van der Waals surface area contributed by atoms with Gasteiger partial charge in [0.2, 0.25) is 5.91 Å². The highest BCUT2D eigenvalue weighted by Crippen LogP contribution is 2.38. The Bertz CT molecular complexity index is 283. The maximum Gasteiger partial charge on any atom is 0.222 e. The molecule has 1 saturated carbocycles. The van der Waals surface area contributed by atoms with E-state index in [0.29, 0.717) is 30.7 Å². The topological polar surface area (TPSA) is 66.6 Å². The molecule has 4 nitrogen and oxygen atoms in total. The number of nitrogens with zero attached hydrogens (tertiary/aromatic N) is 1. The quantitative estimate of drug-likeness (QED) is 0.756. The van der Waals surface area contributed by atoms with Crippen molar-refractivity contribution < 1.29 is 9.90 Å². The fourth-order valence-corrected chi connectivity index (χ4v) is 3.09. The van der Waals surface area contributed by atoms with Gasteiger partial charge in [-0.05, 0) is 37.6 Å². The van der Waals surface area contributed by atoms with Crippen LogP contribution in [0.15, 0.2) is 0 Å². The van der Waals surface area contributed by atoms with Gasteiger partial charge in [-0.25, -0.2) is 0 Å². The predicted octanol–water partition coefficient (Wildman–Crippen LogP) is 0.591. The lowest BCUT2D eigenvalue weighted by atomic mass is 10.00. The van der Waals surface area contributed by atoms with Gasteiger partial charge in [-0.3, -0.25) is 4.79 Å². The van der Waals surface area contributed by atoms with Crippen molar-refractivity contribution in [2.45, 2.75) is 38.7 Å². The second-order valence-corrected chi connectivity index (χ2v) is 5.75. The first-order valence-corrected chi connectivity index (χ1v) is 6.77. The van der Waals surface area contributed by atoms with E-state index in [1.54, 1.807) is 0 Å². The smallest absolute Gasteiger partial charge is 0.222 e. The molecule has 2 rings (SSSR count). The number of hydrogen-bond acceptors (Lipinski definition) is 3. The summed E-state index contributed by atoms with van der Waals surface area (Å²) in [6.45, 7) is 4.35. The van der Waals surface area contributed by atoms with E-state index < -0.39 is 0 Å². The van der Waals surface area contributed by atoms with Crippen molar-refractivity contribution in [3.63, 3.8) is 0 Å². The molecule has 1 heterocycles. The number of aliphatic hydroxyl groups is 1. The van der Waals surface area contributed by atoms with Crippen LogP contribution >= 0.6 is 0 Å². The van der Waals surface area contributed by atoms with E-state index in [1.165, 1.54) is 0 Å². The summed E-state index contributed by atoms with van der Waals surface area (Å²) < 4.78 is 0. The number of rotatable bonds is 4. The van der Waals surface area contributed by atoms with Gasteiger partial charge in [-0.2, -0.15) is 0 Å². The zero-order valence-corrected chi connectivity index (χ0v) is 10.6. The molecule has 17 heavy (non-hydrogen) atoms. The Labute approximate surface area is 103 Å². The molecule has 0 radical (unpaired) electrons. The van der Waals surface area contributed by atoms with Crippen LogP contribution in [0.1, 0.15) is 32.6 Å². The van der Waals surface area contributed by atoms with Crippen LogP contribution in [-0.2, 0) is 4.79 Å². The molecule has 4 unspecified atom stereocenters. The van der Waals surface area contributed by atoms with Gasteiger partial charge in [-0.15, -0.1) is 0 Å². The number of fused-ring (bicyclic) bond motifs is 1. The zero-order chi connectivity index (χ0) is 12.4. The van der Waals surface area contributed by atoms with Gasteiger partial charge in [-0.1, -0.05) is 6.92 Å². The van der Waals surface area contributed by atoms with E-state index in [9.17, 15) is 9.90 Å². The lowest BCUT2D eigenvalue weighted by Crippen LogP contribution is -2.31. The van der Waals surface area contributed by atoms with Crippen LogP contribution in [0.2, 0.25) is 0 Å². The first-order valence-electron chi connectivity index (χ1n) is 6.77. The van der Waals surface area contributed by atoms with Crippen LogP contribution in [0.4, 0.5) is 0 Å². The molecule has 2 fully saturated rings. The molecule has 4 heteroatoms. The van der Waals surface area contributed by atoms with Crippen molar-refractivity contribution in [1.29, 1.82) is 0 Å². The molecule has 0 aromatic heterocycles. The minimum atomic E-state index is -0.180. The second-order valence-electron chi connectivity index (χ2n) is 5.75. The van der Waals surface area contributed by atoms with Crippen LogP contribution in [-0.4, -0.2) is 41.7 Å². The average molecular weight is 240 g/mol. The zero-order valence-electron chi connectivity index (χ0n) is 10.6. The minimum absolute atomic E-state index is 0.180. The van der Waals surface area contributed by atoms with Crippen molar-refractivity contribution in [1.82, 2.24) is 4.90 Å². The summed E-state index contributed by atoms with van der Waals surface area (Å²) in [5, 5.41) is 9.80. The van der Waals surface area contributed by atoms with E-state index in [2.05, 4.69) is 6.92 Å². The normalized spacial score (nSPS) is 33.8. The van der Waals surface area contributed by atoms with E-state index in [-0.39, 0.29) is 12.0 Å². The highest BCUT2D eigenvalue weighted by Gasteiger charge is 2.42. The molecule has 0 aromatic rings. The molecule has 0 aromatic carbocycles. The van der Waals surface area contributed by atoms with E-state index >= 15 is 0 Å². The van der Waals surface area contributed by atoms with E-state index in [0.717, 1.165) is 32.4 Å². The molecule has 0 spiro atoms. The third-order valence-corrected chi connectivity index (χ3v) is 4.43. The van der Waals surface area contributed by atoms with E-state index in [1.807, 2.05) is 4.90 Å². The summed E-state index contributed by atoms with van der Waals surface area (Å²) >= 11 is 0. The maximum absolute atomic E-state index is 12.0. The van der Waals surface area contributed by atoms with Crippen LogP contribution < -0.4 is 5.73 Å². The second kappa shape index (κ2) is 5.36. The molecule has 0 bridgehead atoms. The van der Waals surface area contributed by atoms with Gasteiger partial charge >= 0.3 is 0 Å². The first kappa shape index (κ1) is 12.8. The summed E-state index contributed by atoms with van der Waals surface area (Å²) in [5.74, 6) is 1.55. The Kier molecular flexibility index (Phi) is 4.05. The molecule has 3 N–H and O–H groups in total. The first-order chi connectivity index (χ1) is 8.11. The summed E-state index contributed by atoms with van der Waals surface area (Å²) in [4.78, 5) is 14.0. The van der Waals surface area contributed by atoms with Crippen molar-refractivity contribution >= 4 is 5.91 Å². The molecule has 1 aliphatic heterocycles. The number of likely N-dealkylation sites (tertiary alicyclic amines) is 1. The summed E-state index contributed by atoms with van der Waals surface area (Å²) in [5.41, 5.74) is 5.55. The van der Waals surface area contributed by atoms with Gasteiger partial charge in [0.05, 0.1) is 6.10 Å². The van der Waals surface area contributed by atoms with Gasteiger partial charge in [0.1, 0.15) is 0 Å². The van der Waals surface area contributed by atoms with Crippen LogP contribution in [0.3, 0.4) is 0 Å². The number of nitrogens with two attached hydrogens (primary N) is 1. The van der Waals surface area contributed by atoms with E-state index in [4.69, 9.17) is 5.73 Å². The summed E-state index contributed by atoms with van der Waals surface area (Å²) in [7, 11) is 0. The molecule has 2 aliphatic rings. The van der Waals surface area contributed by atoms with Crippen LogP contribution in [0.5, 0.6) is 0 Å². The number of amides is 1. The molecule has 1 aliphatic carbocycles. The molecular formula is C13H24N2O2. The SMILES string of the molecule is CC(CN)CCC(=O)N1CC2CCC(O)C2C1. The number of carbonyl (C=O) groups excluding carboxylic acids is 1. The Balaban J connectivity index is 1.78. The monoisotopic (exact) mass is 240 g/mol. The fraction of sp³-hybridized carbons (Fsp3) is 0.923. The lowest BCUT2D eigenvalue weighted by Gasteiger charge is -2.19. The van der Waals surface area contributed by atoms with Crippen LogP contribution in [0, 0.1) is 17.8 Å². The Morgan fingerprint density at radius 2 is 2.24 bits per heavy atom. The number of aliphatic hydroxyl groups excluding tert-OH is 1. The van der Waals surface area contributed by atoms with Gasteiger partial charge in [0.25, 0.3) is 0 Å². The average Bonchev–Trinajstić information content (AvgIpc) is 2.88. The molecule has 98 valence electrons. The van der Waals surface area contributed by atoms with Crippen molar-refractivity contribution in [3.05, 3.63) is 0 Å². The highest BCUT2D eigenvalue weighted by atomic mass is 16.3. The Morgan fingerprint density at radius 3 is 2.88 bits per heavy atom. The molecule has 4 atom stereocenters. The van der Waals surface area contributed by atoms with Crippen molar-refractivity contribution in [2.24, 2.45) is 23.5 Å². The molecule has 1 saturated heterocycles. The predicted molar refractivity (Wildman–Crippen MR) is 66.3 cm³/mol. The Morgan fingerprint density at radius 1 is 1.47 bits per heavy atom. The standard InChI is InChI=1S/C13H24N2O2/c1-9(6-14)2-5-13(17)15-7-10-3-4-12(16)11(10)8-15/h9-12,16H,2-8,14H2,1H3. The van der Waals surface area contributed by atoms with Gasteiger partial charge < -0.3 is 15.7 Å². The van der Waals surface area contributed by atoms with Gasteiger partial charge in [0, 0.05) is 25.4 Å². The minimum Gasteiger partial charge on any atom is -0.393 e. The maximum atomic E-state index is 12.0. The lowest BCUT2D eigenvalue weighted by molar-refractivity contribution is -0.130. The molecule has 1 amide bonds. The number of carbonyl (C=O) groups is 1. The van der Waals surface area contributed by atoms with Gasteiger partial charge in [0.15, 0.2) is 0 Å². The third-order valence-electron chi connectivity index (χ3n) is 4.43. The highest BCUT2D eigenvalue weighted by molar-refractivity contribution is 5.76. The molecular weight excluding hydrogens is 216 g/mol. The van der Waals surface area contributed by atoms with Crippen molar-refractivity contribution in [2.75, 3.05) is 19.6 Å². The fourth-order valence-electron chi connectivity index (χ4n) is 3.09. The van der Waals surface area contributed by atoms with Crippen molar-refractivity contribution in [3.8, 4) is 0 Å². The number of hydrogen-bond donors (Lipinski definition) is 2. The summed E-state index contributed by atoms with van der Waals surface area (Å²) in [6, 6.07) is 0. The largest absolute Gasteiger partial charge is 0.393 e. The third kappa shape index (κ3) is 2.80. The van der Waals surface area contributed by atoms with Crippen LogP contribution in [0.25, 0.3) is 0 Å². The summed E-state index contributed by atoms with van der Waals surface area (Å²) in [6.07, 6.45) is 3.30.